The van der Waals surface area contributed by atoms with Crippen LogP contribution in [0.1, 0.15) is 31.2 Å². The summed E-state index contributed by atoms with van der Waals surface area (Å²) in [6.45, 7) is 0.662. The van der Waals surface area contributed by atoms with Crippen LogP contribution in [0.4, 0.5) is 8.78 Å². The van der Waals surface area contributed by atoms with Gasteiger partial charge in [-0.2, -0.15) is 4.39 Å². The lowest BCUT2D eigenvalue weighted by atomic mass is 9.97. The number of nitrogens with zero attached hydrogens (tertiary/aromatic N) is 2. The summed E-state index contributed by atoms with van der Waals surface area (Å²) in [5, 5.41) is 3.59. The standard InChI is InChI=1S/C20H23F2N3/c1-25-16-3-4-17(25)11-15(10-16)24-12-13-2-5-18(19(21)8-13)14-6-7-23-20(22)9-14/h2,5-9,15-17,24H,3-4,10-12H2,1H3/t15?,16-,17+. The molecular weight excluding hydrogens is 320 g/mol. The number of halogens is 2. The van der Waals surface area contributed by atoms with Crippen molar-refractivity contribution in [2.45, 2.75) is 50.4 Å². The minimum Gasteiger partial charge on any atom is -0.310 e. The monoisotopic (exact) mass is 343 g/mol. The molecule has 5 heteroatoms. The summed E-state index contributed by atoms with van der Waals surface area (Å²) in [5.74, 6) is -0.923. The first-order valence-corrected chi connectivity index (χ1v) is 8.96. The van der Waals surface area contributed by atoms with Crippen molar-refractivity contribution in [3.8, 4) is 11.1 Å². The number of rotatable bonds is 4. The van der Waals surface area contributed by atoms with Crippen LogP contribution in [0.2, 0.25) is 0 Å². The summed E-state index contributed by atoms with van der Waals surface area (Å²) >= 11 is 0. The van der Waals surface area contributed by atoms with Crippen LogP contribution in [-0.2, 0) is 6.54 Å². The average molecular weight is 343 g/mol. The lowest BCUT2D eigenvalue weighted by Crippen LogP contribution is -2.46. The molecule has 0 spiro atoms. The van der Waals surface area contributed by atoms with Crippen LogP contribution in [0, 0.1) is 11.8 Å². The van der Waals surface area contributed by atoms with E-state index in [-0.39, 0.29) is 5.82 Å². The maximum atomic E-state index is 14.4. The van der Waals surface area contributed by atoms with E-state index in [2.05, 4.69) is 22.2 Å². The van der Waals surface area contributed by atoms with Gasteiger partial charge in [-0.25, -0.2) is 9.37 Å². The highest BCUT2D eigenvalue weighted by Gasteiger charge is 2.37. The highest BCUT2D eigenvalue weighted by atomic mass is 19.1. The maximum absolute atomic E-state index is 14.4. The van der Waals surface area contributed by atoms with Crippen molar-refractivity contribution >= 4 is 0 Å². The van der Waals surface area contributed by atoms with Gasteiger partial charge in [-0.3, -0.25) is 0 Å². The van der Waals surface area contributed by atoms with Crippen LogP contribution < -0.4 is 5.32 Å². The summed E-state index contributed by atoms with van der Waals surface area (Å²) in [7, 11) is 2.23. The van der Waals surface area contributed by atoms with Crippen molar-refractivity contribution < 1.29 is 8.78 Å². The normalized spacial score (nSPS) is 26.1. The summed E-state index contributed by atoms with van der Waals surface area (Å²) in [6, 6.07) is 9.94. The van der Waals surface area contributed by atoms with Gasteiger partial charge in [-0.15, -0.1) is 0 Å². The van der Waals surface area contributed by atoms with E-state index in [0.29, 0.717) is 35.8 Å². The van der Waals surface area contributed by atoms with Gasteiger partial charge in [0.25, 0.3) is 0 Å². The third-order valence-electron chi connectivity index (χ3n) is 5.76. The summed E-state index contributed by atoms with van der Waals surface area (Å²) in [4.78, 5) is 6.03. The molecule has 0 radical (unpaired) electrons. The first-order chi connectivity index (χ1) is 12.1. The fraction of sp³-hybridized carbons (Fsp3) is 0.450. The van der Waals surface area contributed by atoms with Crippen molar-refractivity contribution in [3.05, 3.63) is 53.9 Å². The molecule has 0 saturated carbocycles. The minimum absolute atomic E-state index is 0.326. The predicted molar refractivity (Wildman–Crippen MR) is 94.0 cm³/mol. The van der Waals surface area contributed by atoms with E-state index in [9.17, 15) is 8.78 Å². The van der Waals surface area contributed by atoms with Gasteiger partial charge in [0.1, 0.15) is 5.82 Å². The summed E-state index contributed by atoms with van der Waals surface area (Å²) < 4.78 is 27.7. The van der Waals surface area contributed by atoms with Crippen molar-refractivity contribution in [1.29, 1.82) is 0 Å². The molecule has 2 fully saturated rings. The van der Waals surface area contributed by atoms with Crippen molar-refractivity contribution in [3.63, 3.8) is 0 Å². The molecule has 1 unspecified atom stereocenters. The molecule has 2 aromatic rings. The highest BCUT2D eigenvalue weighted by molar-refractivity contribution is 5.63. The van der Waals surface area contributed by atoms with Crippen LogP contribution in [0.5, 0.6) is 0 Å². The van der Waals surface area contributed by atoms with Crippen LogP contribution in [-0.4, -0.2) is 35.1 Å². The van der Waals surface area contributed by atoms with Gasteiger partial charge in [-0.05, 0) is 56.0 Å². The van der Waals surface area contributed by atoms with Gasteiger partial charge in [-0.1, -0.05) is 12.1 Å². The highest BCUT2D eigenvalue weighted by Crippen LogP contribution is 2.34. The molecule has 2 aliphatic heterocycles. The Morgan fingerprint density at radius 2 is 1.88 bits per heavy atom. The number of pyridine rings is 1. The molecule has 132 valence electrons. The number of fused-ring (bicyclic) bond motifs is 2. The quantitative estimate of drug-likeness (QED) is 0.857. The zero-order valence-electron chi connectivity index (χ0n) is 14.4. The van der Waals surface area contributed by atoms with Gasteiger partial charge >= 0.3 is 0 Å². The molecule has 2 bridgehead atoms. The molecule has 1 aromatic heterocycles. The Morgan fingerprint density at radius 1 is 1.12 bits per heavy atom. The number of piperidine rings is 1. The number of benzene rings is 1. The third-order valence-corrected chi connectivity index (χ3v) is 5.76. The molecule has 1 N–H and O–H groups in total. The van der Waals surface area contributed by atoms with Crippen LogP contribution >= 0.6 is 0 Å². The SMILES string of the molecule is CN1[C@@H]2CC[C@H]1CC(NCc1ccc(-c3ccnc(F)c3)c(F)c1)C2. The molecule has 3 nitrogen and oxygen atoms in total. The molecule has 3 atom stereocenters. The van der Waals surface area contributed by atoms with Gasteiger partial charge in [0, 0.05) is 42.5 Å². The van der Waals surface area contributed by atoms with E-state index in [1.54, 1.807) is 18.2 Å². The zero-order valence-corrected chi connectivity index (χ0v) is 14.4. The lowest BCUT2D eigenvalue weighted by molar-refractivity contribution is 0.148. The smallest absolute Gasteiger partial charge is 0.213 e. The molecule has 25 heavy (non-hydrogen) atoms. The van der Waals surface area contributed by atoms with Gasteiger partial charge in [0.05, 0.1) is 0 Å². The Bertz CT molecular complexity index is 750. The number of nitrogens with one attached hydrogen (secondary N) is 1. The molecule has 0 aliphatic carbocycles. The molecule has 2 saturated heterocycles. The Morgan fingerprint density at radius 3 is 2.56 bits per heavy atom. The van der Waals surface area contributed by atoms with Crippen LogP contribution in [0.15, 0.2) is 36.5 Å². The van der Waals surface area contributed by atoms with Gasteiger partial charge in [0.2, 0.25) is 5.95 Å². The third kappa shape index (κ3) is 3.44. The molecule has 4 rings (SSSR count). The van der Waals surface area contributed by atoms with Crippen LogP contribution in [0.3, 0.4) is 0 Å². The fourth-order valence-electron chi connectivity index (χ4n) is 4.31. The predicted octanol–water partition coefficient (Wildman–Crippen LogP) is 3.74. The largest absolute Gasteiger partial charge is 0.310 e. The fourth-order valence-corrected chi connectivity index (χ4v) is 4.31. The van der Waals surface area contributed by atoms with Crippen molar-refractivity contribution in [1.82, 2.24) is 15.2 Å². The second-order valence-electron chi connectivity index (χ2n) is 7.28. The van der Waals surface area contributed by atoms with Crippen molar-refractivity contribution in [2.24, 2.45) is 0 Å². The summed E-state index contributed by atoms with van der Waals surface area (Å²) in [6.07, 6.45) is 6.29. The number of hydrogen-bond donors (Lipinski definition) is 1. The Balaban J connectivity index is 1.41. The average Bonchev–Trinajstić information content (AvgIpc) is 2.82. The molecule has 3 heterocycles. The van der Waals surface area contributed by atoms with Gasteiger partial charge < -0.3 is 10.2 Å². The van der Waals surface area contributed by atoms with Crippen molar-refractivity contribution in [2.75, 3.05) is 7.05 Å². The minimum atomic E-state index is -0.598. The maximum Gasteiger partial charge on any atom is 0.213 e. The Kier molecular flexibility index (Phi) is 4.52. The number of aromatic nitrogens is 1. The summed E-state index contributed by atoms with van der Waals surface area (Å²) in [5.41, 5.74) is 1.83. The Hall–Kier alpha value is -1.85. The molecule has 1 aromatic carbocycles. The first kappa shape index (κ1) is 16.6. The second kappa shape index (κ2) is 6.81. The Labute approximate surface area is 147 Å². The topological polar surface area (TPSA) is 28.2 Å². The van der Waals surface area contributed by atoms with E-state index in [1.807, 2.05) is 6.07 Å². The zero-order chi connectivity index (χ0) is 17.4. The second-order valence-corrected chi connectivity index (χ2v) is 7.28. The lowest BCUT2D eigenvalue weighted by Gasteiger charge is -2.36. The van der Waals surface area contributed by atoms with E-state index < -0.39 is 5.95 Å². The molecular formula is C20H23F2N3. The van der Waals surface area contributed by atoms with Gasteiger partial charge in [0.15, 0.2) is 0 Å². The van der Waals surface area contributed by atoms with E-state index in [1.165, 1.54) is 37.9 Å². The van der Waals surface area contributed by atoms with E-state index in [0.717, 1.165) is 5.56 Å². The molecule has 2 aliphatic rings. The first-order valence-electron chi connectivity index (χ1n) is 8.96. The molecule has 0 amide bonds. The van der Waals surface area contributed by atoms with Crippen LogP contribution in [0.25, 0.3) is 11.1 Å². The number of hydrogen-bond acceptors (Lipinski definition) is 3. The van der Waals surface area contributed by atoms with E-state index in [4.69, 9.17) is 0 Å². The van der Waals surface area contributed by atoms with E-state index >= 15 is 0 Å².